The quantitative estimate of drug-likeness (QED) is 0.171. The van der Waals surface area contributed by atoms with Gasteiger partial charge in [-0.3, -0.25) is 5.32 Å². The van der Waals surface area contributed by atoms with Gasteiger partial charge in [-0.15, -0.1) is 0 Å². The van der Waals surface area contributed by atoms with Crippen molar-refractivity contribution in [3.63, 3.8) is 0 Å². The fraction of sp³-hybridized carbons (Fsp3) is 0.0877. The summed E-state index contributed by atoms with van der Waals surface area (Å²) >= 11 is 0. The molecule has 3 nitrogen and oxygen atoms in total. The van der Waals surface area contributed by atoms with Crippen molar-refractivity contribution < 1.29 is 0 Å². The van der Waals surface area contributed by atoms with Gasteiger partial charge in [0.05, 0.1) is 17.1 Å². The van der Waals surface area contributed by atoms with E-state index in [9.17, 15) is 0 Å². The molecule has 286 valence electrons. The topological polar surface area (TPSA) is 29.0 Å². The fourth-order valence-corrected chi connectivity index (χ4v) is 10.5. The molecule has 2 aliphatic rings. The van der Waals surface area contributed by atoms with Gasteiger partial charge >= 0.3 is 0 Å². The van der Waals surface area contributed by atoms with Gasteiger partial charge in [-0.25, -0.2) is 0 Å². The normalized spacial score (nSPS) is 16.8. The second kappa shape index (κ2) is 13.4. The second-order valence-electron chi connectivity index (χ2n) is 17.0. The smallest absolute Gasteiger partial charge is 0.104 e. The minimum Gasteiger partial charge on any atom is -0.366 e. The second-order valence-corrected chi connectivity index (χ2v) is 17.0. The summed E-state index contributed by atoms with van der Waals surface area (Å²) in [4.78, 5) is 0. The summed E-state index contributed by atoms with van der Waals surface area (Å²) in [5.41, 5.74) is 16.1. The maximum atomic E-state index is 3.89. The molecule has 0 saturated heterocycles. The average Bonchev–Trinajstić information content (AvgIpc) is 3.78. The molecule has 0 fully saturated rings. The summed E-state index contributed by atoms with van der Waals surface area (Å²) in [6, 6.07) is 71.2. The van der Waals surface area contributed by atoms with Crippen molar-refractivity contribution in [2.75, 3.05) is 0 Å². The molecule has 12 rings (SSSR count). The van der Waals surface area contributed by atoms with Gasteiger partial charge in [-0.2, -0.15) is 0 Å². The zero-order valence-electron chi connectivity index (χ0n) is 33.7. The fourth-order valence-electron chi connectivity index (χ4n) is 10.5. The molecule has 0 bridgehead atoms. The lowest BCUT2D eigenvalue weighted by molar-refractivity contribution is 0.442. The molecule has 2 heterocycles. The van der Waals surface area contributed by atoms with Crippen molar-refractivity contribution in [2.24, 2.45) is 0 Å². The van der Waals surface area contributed by atoms with Gasteiger partial charge in [0.15, 0.2) is 0 Å². The van der Waals surface area contributed by atoms with Gasteiger partial charge < -0.3 is 9.88 Å². The van der Waals surface area contributed by atoms with Crippen LogP contribution in [0.2, 0.25) is 0 Å². The molecule has 0 radical (unpaired) electrons. The van der Waals surface area contributed by atoms with Gasteiger partial charge in [-0.1, -0.05) is 190 Å². The molecule has 0 amide bonds. The van der Waals surface area contributed by atoms with Crippen molar-refractivity contribution in [3.8, 4) is 27.9 Å². The monoisotopic (exact) mass is 769 g/mol. The van der Waals surface area contributed by atoms with Crippen molar-refractivity contribution in [3.05, 3.63) is 228 Å². The van der Waals surface area contributed by atoms with E-state index in [0.717, 1.165) is 16.9 Å². The van der Waals surface area contributed by atoms with Crippen LogP contribution in [0.1, 0.15) is 53.9 Å². The zero-order valence-corrected chi connectivity index (χ0v) is 33.7. The molecule has 1 aromatic heterocycles. The summed E-state index contributed by atoms with van der Waals surface area (Å²) in [5.74, 6) is 0. The van der Waals surface area contributed by atoms with Crippen LogP contribution in [0.4, 0.5) is 0 Å². The minimum atomic E-state index is -0.246. The molecule has 2 unspecified atom stereocenters. The first kappa shape index (κ1) is 34.8. The number of aromatic nitrogens is 1. The Bertz CT molecular complexity index is 3320. The van der Waals surface area contributed by atoms with Gasteiger partial charge in [-0.05, 0) is 95.9 Å². The summed E-state index contributed by atoms with van der Waals surface area (Å²) in [6.07, 6.45) is 2.29. The van der Waals surface area contributed by atoms with Gasteiger partial charge in [0.2, 0.25) is 0 Å². The Morgan fingerprint density at radius 3 is 1.77 bits per heavy atom. The average molecular weight is 770 g/mol. The number of nitrogens with one attached hydrogen (secondary N) is 2. The van der Waals surface area contributed by atoms with Crippen LogP contribution in [0.3, 0.4) is 0 Å². The SMILES string of the molecule is CC1(C)c2c(c3ccccc3c3ccccc23)-c2ccc3c4ccccc4n(-c4ccc(C5=CC(c6ccc(-c7ccccc7)cc6)NC(c6ccccc6)N5)cc4)c3c21. The Hall–Kier alpha value is -7.20. The van der Waals surface area contributed by atoms with Crippen LogP contribution in [-0.4, -0.2) is 4.57 Å². The van der Waals surface area contributed by atoms with Crippen LogP contribution in [0.15, 0.2) is 200 Å². The lowest BCUT2D eigenvalue weighted by Gasteiger charge is -2.33. The Morgan fingerprint density at radius 2 is 1.03 bits per heavy atom. The van der Waals surface area contributed by atoms with Crippen LogP contribution in [0.5, 0.6) is 0 Å². The summed E-state index contributed by atoms with van der Waals surface area (Å²) in [7, 11) is 0. The van der Waals surface area contributed by atoms with Gasteiger partial charge in [0.25, 0.3) is 0 Å². The van der Waals surface area contributed by atoms with E-state index in [1.54, 1.807) is 0 Å². The van der Waals surface area contributed by atoms with E-state index in [-0.39, 0.29) is 17.6 Å². The van der Waals surface area contributed by atoms with Gasteiger partial charge in [0.1, 0.15) is 6.17 Å². The molecule has 60 heavy (non-hydrogen) atoms. The highest BCUT2D eigenvalue weighted by Gasteiger charge is 2.41. The van der Waals surface area contributed by atoms with E-state index in [1.807, 2.05) is 0 Å². The van der Waals surface area contributed by atoms with E-state index < -0.39 is 0 Å². The maximum absolute atomic E-state index is 3.89. The highest BCUT2D eigenvalue weighted by molar-refractivity contribution is 6.21. The Morgan fingerprint density at radius 1 is 0.450 bits per heavy atom. The third-order valence-electron chi connectivity index (χ3n) is 13.2. The van der Waals surface area contributed by atoms with Crippen LogP contribution >= 0.6 is 0 Å². The van der Waals surface area contributed by atoms with E-state index in [0.29, 0.717) is 0 Å². The predicted octanol–water partition coefficient (Wildman–Crippen LogP) is 14.0. The first-order chi connectivity index (χ1) is 29.5. The van der Waals surface area contributed by atoms with Crippen LogP contribution in [0.25, 0.3) is 77.0 Å². The molecule has 0 spiro atoms. The number of nitrogens with zero attached hydrogens (tertiary/aromatic N) is 1. The molecule has 0 saturated carbocycles. The number of fused-ring (bicyclic) bond motifs is 12. The number of benzene rings is 9. The number of rotatable bonds is 5. The first-order valence-corrected chi connectivity index (χ1v) is 21.1. The molecule has 10 aromatic rings. The lowest BCUT2D eigenvalue weighted by atomic mass is 9.78. The van der Waals surface area contributed by atoms with Crippen molar-refractivity contribution in [2.45, 2.75) is 31.5 Å². The van der Waals surface area contributed by atoms with Crippen molar-refractivity contribution >= 4 is 49.0 Å². The largest absolute Gasteiger partial charge is 0.366 e. The lowest BCUT2D eigenvalue weighted by Crippen LogP contribution is -2.39. The number of hydrogen-bond acceptors (Lipinski definition) is 2. The summed E-state index contributed by atoms with van der Waals surface area (Å²) in [6.45, 7) is 4.88. The molecule has 1 aliphatic heterocycles. The summed E-state index contributed by atoms with van der Waals surface area (Å²) in [5, 5.41) is 15.6. The minimum absolute atomic E-state index is 0.0203. The number of para-hydroxylation sites is 1. The molecular formula is C57H43N3. The number of hydrogen-bond donors (Lipinski definition) is 2. The highest BCUT2D eigenvalue weighted by atomic mass is 15.2. The maximum Gasteiger partial charge on any atom is 0.104 e. The van der Waals surface area contributed by atoms with Crippen molar-refractivity contribution in [1.29, 1.82) is 0 Å². The molecule has 9 aromatic carbocycles. The highest BCUT2D eigenvalue weighted by Crippen LogP contribution is 2.57. The molecule has 1 aliphatic carbocycles. The van der Waals surface area contributed by atoms with Crippen LogP contribution in [-0.2, 0) is 5.41 Å². The third-order valence-corrected chi connectivity index (χ3v) is 13.2. The van der Waals surface area contributed by atoms with Gasteiger partial charge in [0, 0.05) is 27.6 Å². The predicted molar refractivity (Wildman–Crippen MR) is 251 cm³/mol. The Balaban J connectivity index is 1.000. The molecular weight excluding hydrogens is 727 g/mol. The van der Waals surface area contributed by atoms with Crippen LogP contribution in [0, 0.1) is 0 Å². The molecule has 3 heteroatoms. The third kappa shape index (κ3) is 5.26. The Labute approximate surface area is 350 Å². The summed E-state index contributed by atoms with van der Waals surface area (Å²) < 4.78 is 2.53. The first-order valence-electron chi connectivity index (χ1n) is 21.1. The van der Waals surface area contributed by atoms with E-state index in [1.165, 1.54) is 87.9 Å². The van der Waals surface area contributed by atoms with Crippen molar-refractivity contribution in [1.82, 2.24) is 15.2 Å². The van der Waals surface area contributed by atoms with E-state index in [2.05, 4.69) is 229 Å². The van der Waals surface area contributed by atoms with Crippen LogP contribution < -0.4 is 10.6 Å². The zero-order chi connectivity index (χ0) is 40.0. The molecule has 2 N–H and O–H groups in total. The van der Waals surface area contributed by atoms with E-state index in [4.69, 9.17) is 0 Å². The Kier molecular flexibility index (Phi) is 7.79. The molecule has 2 atom stereocenters. The standard InChI is InChI=1S/C57H43N3/c1-57(2)53-46-23-12-10-20-43(46)42-19-9-11-22-45(42)52(53)48-34-33-47-44-21-13-14-24-51(44)60(55(47)54(48)57)41-31-29-39(30-32-41)50-35-49(58-56(59-50)40-17-7-4-8-18-40)38-27-25-37(26-28-38)36-15-5-3-6-16-36/h3-35,49,56,58-59H,1-2H3. The van der Waals surface area contributed by atoms with E-state index >= 15 is 0 Å².